The predicted octanol–water partition coefficient (Wildman–Crippen LogP) is 2.59. The highest BCUT2D eigenvalue weighted by Crippen LogP contribution is 2.21. The molecule has 3 nitrogen and oxygen atoms in total. The highest BCUT2D eigenvalue weighted by atomic mass is 32.2. The smallest absolute Gasteiger partial charge is 0.316 e. The second-order valence-corrected chi connectivity index (χ2v) is 5.44. The normalized spacial score (nSPS) is 14.5. The van der Waals surface area contributed by atoms with Crippen LogP contribution in [0, 0.1) is 0 Å². The molecule has 98 valence electrons. The van der Waals surface area contributed by atoms with E-state index in [9.17, 15) is 4.79 Å². The molecule has 0 amide bonds. The zero-order chi connectivity index (χ0) is 12.8. The molecular weight excluding hydrogens is 246 g/mol. The van der Waals surface area contributed by atoms with Gasteiger partial charge in [0.15, 0.2) is 0 Å². The lowest BCUT2D eigenvalue weighted by Gasteiger charge is -2.05. The molecule has 18 heavy (non-hydrogen) atoms. The summed E-state index contributed by atoms with van der Waals surface area (Å²) in [5, 5.41) is 3.48. The predicted molar refractivity (Wildman–Crippen MR) is 73.7 cm³/mol. The van der Waals surface area contributed by atoms with Crippen molar-refractivity contribution in [2.75, 3.05) is 12.4 Å². The third-order valence-electron chi connectivity index (χ3n) is 2.76. The molecule has 0 unspecified atom stereocenters. The third-order valence-corrected chi connectivity index (χ3v) is 3.74. The molecule has 0 aliphatic heterocycles. The summed E-state index contributed by atoms with van der Waals surface area (Å²) in [6.07, 6.45) is 2.63. The van der Waals surface area contributed by atoms with E-state index in [1.807, 2.05) is 6.92 Å². The van der Waals surface area contributed by atoms with Crippen LogP contribution in [0.25, 0.3) is 0 Å². The van der Waals surface area contributed by atoms with Gasteiger partial charge in [0, 0.05) is 17.5 Å². The van der Waals surface area contributed by atoms with Crippen LogP contribution in [0.4, 0.5) is 0 Å². The summed E-state index contributed by atoms with van der Waals surface area (Å²) in [6.45, 7) is 3.21. The molecule has 1 aromatic rings. The first-order chi connectivity index (χ1) is 8.78. The number of nitrogens with one attached hydrogen (secondary N) is 1. The van der Waals surface area contributed by atoms with Crippen LogP contribution in [-0.4, -0.2) is 24.4 Å². The summed E-state index contributed by atoms with van der Waals surface area (Å²) in [4.78, 5) is 12.3. The molecule has 0 saturated heterocycles. The maximum atomic E-state index is 11.2. The highest BCUT2D eigenvalue weighted by Gasteiger charge is 2.19. The Bertz CT molecular complexity index is 387. The topological polar surface area (TPSA) is 38.3 Å². The Hall–Kier alpha value is -1.00. The Labute approximate surface area is 112 Å². The van der Waals surface area contributed by atoms with Crippen molar-refractivity contribution < 1.29 is 9.53 Å². The minimum absolute atomic E-state index is 0.151. The molecule has 1 N–H and O–H groups in total. The van der Waals surface area contributed by atoms with Gasteiger partial charge in [0.2, 0.25) is 0 Å². The molecule has 4 heteroatoms. The Kier molecular flexibility index (Phi) is 5.08. The molecule has 0 heterocycles. The van der Waals surface area contributed by atoms with Gasteiger partial charge >= 0.3 is 5.97 Å². The van der Waals surface area contributed by atoms with Crippen LogP contribution in [0.5, 0.6) is 0 Å². The van der Waals surface area contributed by atoms with Gasteiger partial charge < -0.3 is 10.1 Å². The summed E-state index contributed by atoms with van der Waals surface area (Å²) in [7, 11) is 0. The molecule has 1 saturated carbocycles. The van der Waals surface area contributed by atoms with Crippen molar-refractivity contribution in [3.63, 3.8) is 0 Å². The van der Waals surface area contributed by atoms with Gasteiger partial charge in [-0.05, 0) is 37.5 Å². The summed E-state index contributed by atoms with van der Waals surface area (Å²) in [5.41, 5.74) is 1.29. The number of thioether (sulfide) groups is 1. The number of carbonyl (C=O) groups excluding carboxylic acids is 1. The number of esters is 1. The van der Waals surface area contributed by atoms with E-state index in [0.29, 0.717) is 12.4 Å². The van der Waals surface area contributed by atoms with E-state index < -0.39 is 0 Å². The standard InChI is InChI=1S/C14H19NO2S/c1-2-17-14(16)10-18-13-7-3-11(4-8-13)9-15-12-5-6-12/h3-4,7-8,12,15H,2,5-6,9-10H2,1H3. The van der Waals surface area contributed by atoms with Crippen molar-refractivity contribution in [1.82, 2.24) is 5.32 Å². The van der Waals surface area contributed by atoms with E-state index in [4.69, 9.17) is 4.74 Å². The molecule has 0 atom stereocenters. The van der Waals surface area contributed by atoms with Crippen molar-refractivity contribution in [2.45, 2.75) is 37.2 Å². The maximum absolute atomic E-state index is 11.2. The van der Waals surface area contributed by atoms with E-state index in [1.165, 1.54) is 30.2 Å². The second kappa shape index (κ2) is 6.81. The first-order valence-electron chi connectivity index (χ1n) is 6.38. The van der Waals surface area contributed by atoms with Crippen LogP contribution in [0.2, 0.25) is 0 Å². The Morgan fingerprint density at radius 2 is 2.11 bits per heavy atom. The zero-order valence-electron chi connectivity index (χ0n) is 10.6. The van der Waals surface area contributed by atoms with E-state index in [2.05, 4.69) is 29.6 Å². The Morgan fingerprint density at radius 1 is 1.39 bits per heavy atom. The summed E-state index contributed by atoms with van der Waals surface area (Å²) in [6, 6.07) is 9.09. The molecule has 0 spiro atoms. The SMILES string of the molecule is CCOC(=O)CSc1ccc(CNC2CC2)cc1. The van der Waals surface area contributed by atoms with Crippen molar-refractivity contribution in [2.24, 2.45) is 0 Å². The number of ether oxygens (including phenoxy) is 1. The van der Waals surface area contributed by atoms with Crippen molar-refractivity contribution in [3.8, 4) is 0 Å². The van der Waals surface area contributed by atoms with Crippen LogP contribution < -0.4 is 5.32 Å². The van der Waals surface area contributed by atoms with E-state index in [-0.39, 0.29) is 5.97 Å². The van der Waals surface area contributed by atoms with Gasteiger partial charge in [-0.3, -0.25) is 4.79 Å². The van der Waals surface area contributed by atoms with Gasteiger partial charge in [0.25, 0.3) is 0 Å². The zero-order valence-corrected chi connectivity index (χ0v) is 11.5. The van der Waals surface area contributed by atoms with Crippen molar-refractivity contribution in [3.05, 3.63) is 29.8 Å². The van der Waals surface area contributed by atoms with Crippen molar-refractivity contribution >= 4 is 17.7 Å². The van der Waals surface area contributed by atoms with Gasteiger partial charge in [-0.2, -0.15) is 0 Å². The fraction of sp³-hybridized carbons (Fsp3) is 0.500. The number of hydrogen-bond donors (Lipinski definition) is 1. The lowest BCUT2D eigenvalue weighted by molar-refractivity contribution is -0.139. The fourth-order valence-electron chi connectivity index (χ4n) is 1.60. The average Bonchev–Trinajstić information content (AvgIpc) is 3.19. The first-order valence-corrected chi connectivity index (χ1v) is 7.37. The highest BCUT2D eigenvalue weighted by molar-refractivity contribution is 8.00. The van der Waals surface area contributed by atoms with Crippen LogP contribution in [0.15, 0.2) is 29.2 Å². The largest absolute Gasteiger partial charge is 0.465 e. The molecule has 0 aromatic heterocycles. The average molecular weight is 265 g/mol. The van der Waals surface area contributed by atoms with Gasteiger partial charge in [-0.1, -0.05) is 12.1 Å². The third kappa shape index (κ3) is 4.70. The van der Waals surface area contributed by atoms with E-state index in [1.54, 1.807) is 0 Å². The van der Waals surface area contributed by atoms with Gasteiger partial charge in [0.1, 0.15) is 0 Å². The van der Waals surface area contributed by atoms with Gasteiger partial charge in [-0.25, -0.2) is 0 Å². The number of carbonyl (C=O) groups is 1. The molecule has 1 aliphatic carbocycles. The molecule has 2 rings (SSSR count). The lowest BCUT2D eigenvalue weighted by Crippen LogP contribution is -2.15. The first kappa shape index (κ1) is 13.4. The molecule has 0 radical (unpaired) electrons. The molecule has 1 aromatic carbocycles. The molecule has 0 bridgehead atoms. The van der Waals surface area contributed by atoms with Crippen LogP contribution >= 0.6 is 11.8 Å². The van der Waals surface area contributed by atoms with Crippen LogP contribution in [-0.2, 0) is 16.1 Å². The minimum Gasteiger partial charge on any atom is -0.465 e. The van der Waals surface area contributed by atoms with E-state index in [0.717, 1.165) is 17.5 Å². The van der Waals surface area contributed by atoms with E-state index >= 15 is 0 Å². The van der Waals surface area contributed by atoms with Crippen LogP contribution in [0.1, 0.15) is 25.3 Å². The number of benzene rings is 1. The fourth-order valence-corrected chi connectivity index (χ4v) is 2.29. The quantitative estimate of drug-likeness (QED) is 0.607. The summed E-state index contributed by atoms with van der Waals surface area (Å²) >= 11 is 1.52. The van der Waals surface area contributed by atoms with Gasteiger partial charge in [-0.15, -0.1) is 11.8 Å². The molecular formula is C14H19NO2S. The lowest BCUT2D eigenvalue weighted by atomic mass is 10.2. The maximum Gasteiger partial charge on any atom is 0.316 e. The Balaban J connectivity index is 1.73. The van der Waals surface area contributed by atoms with Crippen LogP contribution in [0.3, 0.4) is 0 Å². The summed E-state index contributed by atoms with van der Waals surface area (Å²) < 4.78 is 4.89. The Morgan fingerprint density at radius 3 is 2.72 bits per heavy atom. The summed E-state index contributed by atoms with van der Waals surface area (Å²) in [5.74, 6) is 0.232. The van der Waals surface area contributed by atoms with Crippen molar-refractivity contribution in [1.29, 1.82) is 0 Å². The molecule has 1 aliphatic rings. The second-order valence-electron chi connectivity index (χ2n) is 4.39. The minimum atomic E-state index is -0.151. The molecule has 1 fully saturated rings. The monoisotopic (exact) mass is 265 g/mol. The van der Waals surface area contributed by atoms with Gasteiger partial charge in [0.05, 0.1) is 12.4 Å². The number of rotatable bonds is 7. The number of hydrogen-bond acceptors (Lipinski definition) is 4.